The molecule has 0 aliphatic heterocycles. The molecule has 1 aromatic rings. The zero-order chi connectivity index (χ0) is 13.0. The molecule has 0 unspecified atom stereocenters. The summed E-state index contributed by atoms with van der Waals surface area (Å²) >= 11 is 0. The molecule has 0 heterocycles. The average molecular weight is 244 g/mol. The fourth-order valence-corrected chi connectivity index (χ4v) is 3.53. The van der Waals surface area contributed by atoms with Gasteiger partial charge in [0.05, 0.1) is 0 Å². The van der Waals surface area contributed by atoms with Gasteiger partial charge < -0.3 is 0 Å². The standard InChI is InChI=1S/C18H28/c1-4-12-18(3)13-10-17(11-14-18)16-8-6-15(5-2)7-9-16/h6-9,17H,4-5,10-14H2,1-3H3. The summed E-state index contributed by atoms with van der Waals surface area (Å²) < 4.78 is 0. The molecular weight excluding hydrogens is 216 g/mol. The molecule has 1 aliphatic rings. The maximum atomic E-state index is 2.49. The molecule has 100 valence electrons. The summed E-state index contributed by atoms with van der Waals surface area (Å²) in [5.74, 6) is 0.820. The zero-order valence-electron chi connectivity index (χ0n) is 12.3. The van der Waals surface area contributed by atoms with Gasteiger partial charge in [0.2, 0.25) is 0 Å². The van der Waals surface area contributed by atoms with Crippen LogP contribution in [0.2, 0.25) is 0 Å². The van der Waals surface area contributed by atoms with Gasteiger partial charge in [-0.1, -0.05) is 51.5 Å². The van der Waals surface area contributed by atoms with Crippen molar-refractivity contribution in [3.8, 4) is 0 Å². The highest BCUT2D eigenvalue weighted by Crippen LogP contribution is 2.45. The van der Waals surface area contributed by atoms with Crippen LogP contribution in [0.1, 0.15) is 76.3 Å². The Kier molecular flexibility index (Phi) is 4.48. The van der Waals surface area contributed by atoms with E-state index in [2.05, 4.69) is 45.0 Å². The van der Waals surface area contributed by atoms with Gasteiger partial charge in [-0.3, -0.25) is 0 Å². The van der Waals surface area contributed by atoms with Crippen molar-refractivity contribution in [3.05, 3.63) is 35.4 Å². The Balaban J connectivity index is 1.96. The molecule has 1 fully saturated rings. The van der Waals surface area contributed by atoms with Crippen LogP contribution in [0, 0.1) is 5.41 Å². The third-order valence-corrected chi connectivity index (χ3v) is 4.91. The van der Waals surface area contributed by atoms with Crippen LogP contribution in [0.15, 0.2) is 24.3 Å². The Hall–Kier alpha value is -0.780. The van der Waals surface area contributed by atoms with E-state index in [1.54, 1.807) is 5.56 Å². The van der Waals surface area contributed by atoms with Crippen molar-refractivity contribution in [1.82, 2.24) is 0 Å². The van der Waals surface area contributed by atoms with E-state index in [4.69, 9.17) is 0 Å². The van der Waals surface area contributed by atoms with Crippen LogP contribution in [0.25, 0.3) is 0 Å². The molecular formula is C18H28. The van der Waals surface area contributed by atoms with Gasteiger partial charge in [-0.05, 0) is 61.0 Å². The van der Waals surface area contributed by atoms with Crippen molar-refractivity contribution in [2.24, 2.45) is 5.41 Å². The molecule has 0 atom stereocenters. The highest BCUT2D eigenvalue weighted by atomic mass is 14.4. The molecule has 0 aromatic heterocycles. The predicted molar refractivity (Wildman–Crippen MR) is 80.0 cm³/mol. The Bertz CT molecular complexity index is 352. The lowest BCUT2D eigenvalue weighted by Crippen LogP contribution is -2.23. The second kappa shape index (κ2) is 5.91. The number of aryl methyl sites for hydroxylation is 1. The van der Waals surface area contributed by atoms with Crippen LogP contribution >= 0.6 is 0 Å². The van der Waals surface area contributed by atoms with Crippen molar-refractivity contribution in [1.29, 1.82) is 0 Å². The molecule has 0 radical (unpaired) electrons. The smallest absolute Gasteiger partial charge is 0.0162 e. The molecule has 0 nitrogen and oxygen atoms in total. The van der Waals surface area contributed by atoms with Gasteiger partial charge in [0, 0.05) is 0 Å². The zero-order valence-corrected chi connectivity index (χ0v) is 12.3. The maximum Gasteiger partial charge on any atom is -0.0162 e. The minimum absolute atomic E-state index is 0.634. The van der Waals surface area contributed by atoms with Crippen molar-refractivity contribution in [2.45, 2.75) is 71.6 Å². The van der Waals surface area contributed by atoms with Gasteiger partial charge in [-0.25, -0.2) is 0 Å². The Morgan fingerprint density at radius 1 is 1.06 bits per heavy atom. The minimum atomic E-state index is 0.634. The van der Waals surface area contributed by atoms with E-state index in [1.165, 1.54) is 44.1 Å². The first-order valence-corrected chi connectivity index (χ1v) is 7.75. The largest absolute Gasteiger partial charge is 0.0654 e. The van der Waals surface area contributed by atoms with Gasteiger partial charge in [-0.15, -0.1) is 0 Å². The van der Waals surface area contributed by atoms with Gasteiger partial charge in [0.1, 0.15) is 0 Å². The molecule has 18 heavy (non-hydrogen) atoms. The molecule has 0 spiro atoms. The van der Waals surface area contributed by atoms with Crippen LogP contribution in [-0.2, 0) is 6.42 Å². The van der Waals surface area contributed by atoms with E-state index in [0.717, 1.165) is 12.3 Å². The molecule has 0 amide bonds. The average Bonchev–Trinajstić information content (AvgIpc) is 2.40. The van der Waals surface area contributed by atoms with E-state index in [1.807, 2.05) is 0 Å². The van der Waals surface area contributed by atoms with Crippen LogP contribution in [-0.4, -0.2) is 0 Å². The second-order valence-electron chi connectivity index (χ2n) is 6.43. The lowest BCUT2D eigenvalue weighted by atomic mass is 9.68. The third kappa shape index (κ3) is 3.16. The van der Waals surface area contributed by atoms with E-state index in [0.29, 0.717) is 5.41 Å². The van der Waals surface area contributed by atoms with Gasteiger partial charge in [-0.2, -0.15) is 0 Å². The van der Waals surface area contributed by atoms with Crippen LogP contribution in [0.5, 0.6) is 0 Å². The lowest BCUT2D eigenvalue weighted by molar-refractivity contribution is 0.182. The fraction of sp³-hybridized carbons (Fsp3) is 0.667. The molecule has 0 heteroatoms. The maximum absolute atomic E-state index is 2.49. The number of hydrogen-bond donors (Lipinski definition) is 0. The monoisotopic (exact) mass is 244 g/mol. The molecule has 1 saturated carbocycles. The Morgan fingerprint density at radius 2 is 1.67 bits per heavy atom. The van der Waals surface area contributed by atoms with Gasteiger partial charge in [0.15, 0.2) is 0 Å². The number of rotatable bonds is 4. The molecule has 1 aliphatic carbocycles. The summed E-state index contributed by atoms with van der Waals surface area (Å²) in [5, 5.41) is 0. The quantitative estimate of drug-likeness (QED) is 0.636. The summed E-state index contributed by atoms with van der Waals surface area (Å²) in [7, 11) is 0. The summed E-state index contributed by atoms with van der Waals surface area (Å²) in [5.41, 5.74) is 3.67. The molecule has 0 N–H and O–H groups in total. The van der Waals surface area contributed by atoms with E-state index in [9.17, 15) is 0 Å². The van der Waals surface area contributed by atoms with E-state index < -0.39 is 0 Å². The SMILES string of the molecule is CCCC1(C)CCC(c2ccc(CC)cc2)CC1. The lowest BCUT2D eigenvalue weighted by Gasteiger charge is -2.37. The summed E-state index contributed by atoms with van der Waals surface area (Å²) in [6.07, 6.45) is 9.52. The normalized spacial score (nSPS) is 28.3. The van der Waals surface area contributed by atoms with Crippen molar-refractivity contribution in [3.63, 3.8) is 0 Å². The predicted octanol–water partition coefficient (Wildman–Crippen LogP) is 5.71. The fourth-order valence-electron chi connectivity index (χ4n) is 3.53. The van der Waals surface area contributed by atoms with Crippen molar-refractivity contribution in [2.75, 3.05) is 0 Å². The van der Waals surface area contributed by atoms with Gasteiger partial charge >= 0.3 is 0 Å². The minimum Gasteiger partial charge on any atom is -0.0654 e. The van der Waals surface area contributed by atoms with E-state index in [-0.39, 0.29) is 0 Å². The first-order chi connectivity index (χ1) is 8.67. The molecule has 1 aromatic carbocycles. The summed E-state index contributed by atoms with van der Waals surface area (Å²) in [6.45, 7) is 7.04. The second-order valence-corrected chi connectivity index (χ2v) is 6.43. The van der Waals surface area contributed by atoms with Crippen molar-refractivity contribution < 1.29 is 0 Å². The van der Waals surface area contributed by atoms with Gasteiger partial charge in [0.25, 0.3) is 0 Å². The number of benzene rings is 1. The first-order valence-electron chi connectivity index (χ1n) is 7.75. The van der Waals surface area contributed by atoms with Crippen LogP contribution in [0.4, 0.5) is 0 Å². The van der Waals surface area contributed by atoms with Crippen LogP contribution < -0.4 is 0 Å². The van der Waals surface area contributed by atoms with Crippen molar-refractivity contribution >= 4 is 0 Å². The Labute approximate surface area is 113 Å². The number of hydrogen-bond acceptors (Lipinski definition) is 0. The summed E-state index contributed by atoms with van der Waals surface area (Å²) in [4.78, 5) is 0. The molecule has 0 bridgehead atoms. The molecule has 2 rings (SSSR count). The topological polar surface area (TPSA) is 0 Å². The third-order valence-electron chi connectivity index (χ3n) is 4.91. The molecule has 0 saturated heterocycles. The van der Waals surface area contributed by atoms with Crippen LogP contribution in [0.3, 0.4) is 0 Å². The first kappa shape index (κ1) is 13.6. The highest BCUT2D eigenvalue weighted by molar-refractivity contribution is 5.25. The highest BCUT2D eigenvalue weighted by Gasteiger charge is 2.30. The summed E-state index contributed by atoms with van der Waals surface area (Å²) in [6, 6.07) is 9.36. The van der Waals surface area contributed by atoms with E-state index >= 15 is 0 Å². The Morgan fingerprint density at radius 3 is 2.17 bits per heavy atom.